The molecule has 0 saturated carbocycles. The lowest BCUT2D eigenvalue weighted by Gasteiger charge is -2.12. The Hall–Kier alpha value is -2.20. The molecule has 0 aliphatic heterocycles. The lowest BCUT2D eigenvalue weighted by atomic mass is 10.1. The second-order valence-electron chi connectivity index (χ2n) is 5.43. The lowest BCUT2D eigenvalue weighted by Crippen LogP contribution is -2.08. The second kappa shape index (κ2) is 7.88. The molecule has 0 aromatic heterocycles. The van der Waals surface area contributed by atoms with Crippen LogP contribution in [0, 0.1) is 6.92 Å². The zero-order valence-electron chi connectivity index (χ0n) is 13.9. The van der Waals surface area contributed by atoms with E-state index >= 15 is 0 Å². The standard InChI is InChI=1S/C19H21NO2S/c1-14-8-10-15(11-9-14)19(21)18(13-20(2)3)23-17-7-5-6-16(12-17)22-4/h5-13H,1-4H3/b18-13-. The molecule has 0 unspecified atom stereocenters. The number of nitrogens with zero attached hydrogens (tertiary/aromatic N) is 1. The molecule has 2 aromatic carbocycles. The smallest absolute Gasteiger partial charge is 0.201 e. The van der Waals surface area contributed by atoms with E-state index in [-0.39, 0.29) is 5.78 Å². The topological polar surface area (TPSA) is 29.5 Å². The average molecular weight is 327 g/mol. The second-order valence-corrected chi connectivity index (χ2v) is 6.55. The van der Waals surface area contributed by atoms with Crippen LogP contribution in [0.4, 0.5) is 0 Å². The Morgan fingerprint density at radius 1 is 1.13 bits per heavy atom. The number of benzene rings is 2. The Bertz CT molecular complexity index is 706. The van der Waals surface area contributed by atoms with Gasteiger partial charge in [0.05, 0.1) is 12.0 Å². The summed E-state index contributed by atoms with van der Waals surface area (Å²) in [4.78, 5) is 16.3. The maximum absolute atomic E-state index is 12.8. The van der Waals surface area contributed by atoms with E-state index in [2.05, 4.69) is 0 Å². The van der Waals surface area contributed by atoms with Gasteiger partial charge in [0.15, 0.2) is 0 Å². The van der Waals surface area contributed by atoms with E-state index in [4.69, 9.17) is 4.74 Å². The van der Waals surface area contributed by atoms with E-state index in [0.717, 1.165) is 16.2 Å². The third-order valence-electron chi connectivity index (χ3n) is 3.18. The van der Waals surface area contributed by atoms with Crippen molar-refractivity contribution < 1.29 is 9.53 Å². The Labute approximate surface area is 142 Å². The number of ketones is 1. The van der Waals surface area contributed by atoms with E-state index in [1.54, 1.807) is 7.11 Å². The van der Waals surface area contributed by atoms with Crippen LogP contribution in [0.2, 0.25) is 0 Å². The van der Waals surface area contributed by atoms with Crippen molar-refractivity contribution in [2.45, 2.75) is 11.8 Å². The quantitative estimate of drug-likeness (QED) is 0.447. The molecule has 0 fully saturated rings. The third-order valence-corrected chi connectivity index (χ3v) is 4.18. The first-order valence-corrected chi connectivity index (χ1v) is 8.13. The number of aryl methyl sites for hydroxylation is 1. The van der Waals surface area contributed by atoms with Gasteiger partial charge in [-0.25, -0.2) is 0 Å². The number of carbonyl (C=O) groups is 1. The van der Waals surface area contributed by atoms with Crippen LogP contribution >= 0.6 is 11.8 Å². The van der Waals surface area contributed by atoms with E-state index in [9.17, 15) is 4.79 Å². The molecule has 4 heteroatoms. The number of thioether (sulfide) groups is 1. The van der Waals surface area contributed by atoms with Crippen LogP contribution in [0.15, 0.2) is 64.5 Å². The zero-order valence-corrected chi connectivity index (χ0v) is 14.7. The van der Waals surface area contributed by atoms with Gasteiger partial charge in [-0.2, -0.15) is 0 Å². The summed E-state index contributed by atoms with van der Waals surface area (Å²) in [5.41, 5.74) is 1.83. The van der Waals surface area contributed by atoms with Crippen molar-refractivity contribution in [2.75, 3.05) is 21.2 Å². The van der Waals surface area contributed by atoms with Gasteiger partial charge in [0.1, 0.15) is 5.75 Å². The molecule has 0 aliphatic carbocycles. The number of hydrogen-bond acceptors (Lipinski definition) is 4. The summed E-state index contributed by atoms with van der Waals surface area (Å²) in [7, 11) is 5.46. The van der Waals surface area contributed by atoms with Crippen LogP contribution in [0.5, 0.6) is 5.75 Å². The Balaban J connectivity index is 2.30. The number of ether oxygens (including phenoxy) is 1. The molecular formula is C19H21NO2S. The molecule has 0 heterocycles. The summed E-state index contributed by atoms with van der Waals surface area (Å²) < 4.78 is 5.25. The van der Waals surface area contributed by atoms with Crippen molar-refractivity contribution in [3.63, 3.8) is 0 Å². The molecule has 0 saturated heterocycles. The fourth-order valence-corrected chi connectivity index (χ4v) is 3.05. The lowest BCUT2D eigenvalue weighted by molar-refractivity contribution is 0.104. The van der Waals surface area contributed by atoms with Gasteiger partial charge in [-0.15, -0.1) is 0 Å². The molecule has 0 radical (unpaired) electrons. The molecule has 23 heavy (non-hydrogen) atoms. The summed E-state index contributed by atoms with van der Waals surface area (Å²) >= 11 is 1.44. The first-order chi connectivity index (χ1) is 11.0. The van der Waals surface area contributed by atoms with E-state index < -0.39 is 0 Å². The number of allylic oxidation sites excluding steroid dienone is 1. The van der Waals surface area contributed by atoms with Gasteiger partial charge in [-0.3, -0.25) is 4.79 Å². The van der Waals surface area contributed by atoms with Crippen molar-refractivity contribution in [3.05, 3.63) is 70.8 Å². The minimum atomic E-state index is 0.0199. The predicted octanol–water partition coefficient (Wildman–Crippen LogP) is 4.38. The predicted molar refractivity (Wildman–Crippen MR) is 96.1 cm³/mol. The van der Waals surface area contributed by atoms with Gasteiger partial charge in [-0.05, 0) is 25.1 Å². The summed E-state index contributed by atoms with van der Waals surface area (Å²) in [5.74, 6) is 0.800. The fourth-order valence-electron chi connectivity index (χ4n) is 2.00. The molecule has 0 N–H and O–H groups in total. The average Bonchev–Trinajstić information content (AvgIpc) is 2.54. The highest BCUT2D eigenvalue weighted by atomic mass is 32.2. The number of methoxy groups -OCH3 is 1. The summed E-state index contributed by atoms with van der Waals surface area (Å²) in [6, 6.07) is 15.4. The van der Waals surface area contributed by atoms with Gasteiger partial charge in [0.2, 0.25) is 5.78 Å². The van der Waals surface area contributed by atoms with Gasteiger partial charge < -0.3 is 9.64 Å². The van der Waals surface area contributed by atoms with Crippen molar-refractivity contribution in [3.8, 4) is 5.75 Å². The highest BCUT2D eigenvalue weighted by Gasteiger charge is 2.14. The number of carbonyl (C=O) groups excluding carboxylic acids is 1. The minimum Gasteiger partial charge on any atom is -0.497 e. The molecule has 2 rings (SSSR count). The minimum absolute atomic E-state index is 0.0199. The molecule has 2 aromatic rings. The highest BCUT2D eigenvalue weighted by Crippen LogP contribution is 2.31. The Morgan fingerprint density at radius 2 is 1.83 bits per heavy atom. The van der Waals surface area contributed by atoms with Crippen molar-refractivity contribution in [1.29, 1.82) is 0 Å². The van der Waals surface area contributed by atoms with Crippen LogP contribution in [0.1, 0.15) is 15.9 Å². The molecule has 120 valence electrons. The van der Waals surface area contributed by atoms with E-state index in [0.29, 0.717) is 10.5 Å². The number of rotatable bonds is 6. The van der Waals surface area contributed by atoms with Gasteiger partial charge in [0, 0.05) is 30.8 Å². The van der Waals surface area contributed by atoms with Crippen LogP contribution in [0.25, 0.3) is 0 Å². The van der Waals surface area contributed by atoms with Gasteiger partial charge in [-0.1, -0.05) is 47.7 Å². The van der Waals surface area contributed by atoms with Crippen LogP contribution in [-0.2, 0) is 0 Å². The molecule has 0 aliphatic rings. The molecule has 0 spiro atoms. The first kappa shape index (κ1) is 17.2. The maximum atomic E-state index is 12.8. The summed E-state index contributed by atoms with van der Waals surface area (Å²) in [5, 5.41) is 0. The van der Waals surface area contributed by atoms with Crippen molar-refractivity contribution in [1.82, 2.24) is 4.90 Å². The van der Waals surface area contributed by atoms with Crippen LogP contribution in [-0.4, -0.2) is 31.9 Å². The van der Waals surface area contributed by atoms with Crippen LogP contribution < -0.4 is 4.74 Å². The van der Waals surface area contributed by atoms with E-state index in [1.807, 2.05) is 80.6 Å². The van der Waals surface area contributed by atoms with Crippen molar-refractivity contribution in [2.24, 2.45) is 0 Å². The molecule has 3 nitrogen and oxygen atoms in total. The normalized spacial score (nSPS) is 11.2. The summed E-state index contributed by atoms with van der Waals surface area (Å²) in [6.07, 6.45) is 1.85. The Morgan fingerprint density at radius 3 is 2.43 bits per heavy atom. The highest BCUT2D eigenvalue weighted by molar-refractivity contribution is 8.04. The molecular weight excluding hydrogens is 306 g/mol. The largest absolute Gasteiger partial charge is 0.497 e. The zero-order chi connectivity index (χ0) is 16.8. The van der Waals surface area contributed by atoms with Crippen molar-refractivity contribution >= 4 is 17.5 Å². The van der Waals surface area contributed by atoms with E-state index in [1.165, 1.54) is 11.8 Å². The monoisotopic (exact) mass is 327 g/mol. The summed E-state index contributed by atoms with van der Waals surface area (Å²) in [6.45, 7) is 2.01. The first-order valence-electron chi connectivity index (χ1n) is 7.31. The molecule has 0 amide bonds. The van der Waals surface area contributed by atoms with Crippen LogP contribution in [0.3, 0.4) is 0 Å². The molecule has 0 bridgehead atoms. The number of hydrogen-bond donors (Lipinski definition) is 0. The third kappa shape index (κ3) is 4.89. The van der Waals surface area contributed by atoms with Gasteiger partial charge >= 0.3 is 0 Å². The number of Topliss-reactive ketones (excluding diaryl/α,β-unsaturated/α-hetero) is 1. The fraction of sp³-hybridized carbons (Fsp3) is 0.211. The molecule has 0 atom stereocenters. The SMILES string of the molecule is COc1cccc(S/C(=C\N(C)C)C(=O)c2ccc(C)cc2)c1. The van der Waals surface area contributed by atoms with Gasteiger partial charge in [0.25, 0.3) is 0 Å². The maximum Gasteiger partial charge on any atom is 0.201 e. The Kier molecular flexibility index (Phi) is 5.88.